The predicted octanol–water partition coefficient (Wildman–Crippen LogP) is 0.759. The lowest BCUT2D eigenvalue weighted by Gasteiger charge is -2.22. The molecule has 3 atom stereocenters. The monoisotopic (exact) mass is 417 g/mol. The van der Waals surface area contributed by atoms with E-state index >= 15 is 0 Å². The molecule has 3 N–H and O–H groups in total. The molecule has 9 heteroatoms. The minimum Gasteiger partial charge on any atom is -0.377 e. The van der Waals surface area contributed by atoms with Crippen molar-refractivity contribution in [1.29, 1.82) is 0 Å². The topological polar surface area (TPSA) is 95.1 Å². The Kier molecular flexibility index (Phi) is 9.46. The number of ether oxygens (including phenoxy) is 1. The second-order valence-corrected chi connectivity index (χ2v) is 10.1. The van der Waals surface area contributed by atoms with Crippen LogP contribution in [0.1, 0.15) is 47.0 Å². The smallest absolute Gasteiger partial charge is 0.213 e. The Balaban J connectivity index is 1.81. The van der Waals surface area contributed by atoms with Crippen LogP contribution in [0, 0.1) is 5.92 Å². The number of nitrogens with zero attached hydrogens (tertiary/aromatic N) is 2. The van der Waals surface area contributed by atoms with Gasteiger partial charge in [-0.1, -0.05) is 6.92 Å². The van der Waals surface area contributed by atoms with Gasteiger partial charge in [-0.2, -0.15) is 0 Å². The van der Waals surface area contributed by atoms with Crippen LogP contribution in [0.15, 0.2) is 4.99 Å². The number of hydrogen-bond donors (Lipinski definition) is 3. The highest BCUT2D eigenvalue weighted by atomic mass is 32.2. The van der Waals surface area contributed by atoms with Crippen LogP contribution in [-0.2, 0) is 14.8 Å². The van der Waals surface area contributed by atoms with Gasteiger partial charge in [-0.3, -0.25) is 9.89 Å². The first-order valence-electron chi connectivity index (χ1n) is 10.7. The Bertz CT molecular complexity index is 590. The van der Waals surface area contributed by atoms with Gasteiger partial charge < -0.3 is 15.4 Å². The van der Waals surface area contributed by atoms with Crippen molar-refractivity contribution in [2.75, 3.05) is 45.1 Å². The van der Waals surface area contributed by atoms with Crippen molar-refractivity contribution < 1.29 is 13.2 Å². The molecule has 2 fully saturated rings. The lowest BCUT2D eigenvalue weighted by Crippen LogP contribution is -2.47. The highest BCUT2D eigenvalue weighted by molar-refractivity contribution is 7.89. The number of rotatable bonds is 9. The van der Waals surface area contributed by atoms with Gasteiger partial charge in [0.05, 0.1) is 18.4 Å². The lowest BCUT2D eigenvalue weighted by molar-refractivity contribution is 0.0200. The predicted molar refractivity (Wildman–Crippen MR) is 114 cm³/mol. The molecular weight excluding hydrogens is 378 g/mol. The van der Waals surface area contributed by atoms with Gasteiger partial charge in [-0.25, -0.2) is 13.1 Å². The van der Waals surface area contributed by atoms with Crippen molar-refractivity contribution in [2.24, 2.45) is 10.9 Å². The van der Waals surface area contributed by atoms with Crippen LogP contribution in [0.5, 0.6) is 0 Å². The summed E-state index contributed by atoms with van der Waals surface area (Å²) in [7, 11) is -3.35. The fraction of sp³-hybridized carbons (Fsp3) is 0.947. The summed E-state index contributed by atoms with van der Waals surface area (Å²) in [6.07, 6.45) is 3.08. The Morgan fingerprint density at radius 2 is 2.07 bits per heavy atom. The van der Waals surface area contributed by atoms with E-state index in [2.05, 4.69) is 46.0 Å². The van der Waals surface area contributed by atoms with E-state index in [9.17, 15) is 8.42 Å². The van der Waals surface area contributed by atoms with Crippen LogP contribution >= 0.6 is 0 Å². The number of likely N-dealkylation sites (tertiary alicyclic amines) is 1. The second kappa shape index (κ2) is 11.3. The average Bonchev–Trinajstić information content (AvgIpc) is 3.02. The Morgan fingerprint density at radius 1 is 1.29 bits per heavy atom. The van der Waals surface area contributed by atoms with E-state index in [0.29, 0.717) is 30.5 Å². The van der Waals surface area contributed by atoms with E-state index in [0.717, 1.165) is 45.5 Å². The number of hydrogen-bond acceptors (Lipinski definition) is 5. The summed E-state index contributed by atoms with van der Waals surface area (Å²) in [5.41, 5.74) is 0. The van der Waals surface area contributed by atoms with E-state index < -0.39 is 10.0 Å². The van der Waals surface area contributed by atoms with Crippen molar-refractivity contribution in [3.8, 4) is 0 Å². The lowest BCUT2D eigenvalue weighted by atomic mass is 10.1. The van der Waals surface area contributed by atoms with E-state index in [1.54, 1.807) is 0 Å². The van der Waals surface area contributed by atoms with Crippen LogP contribution in [0.2, 0.25) is 0 Å². The Hall–Kier alpha value is -0.900. The Morgan fingerprint density at radius 3 is 2.68 bits per heavy atom. The first kappa shape index (κ1) is 23.4. The second-order valence-electron chi connectivity index (χ2n) is 8.19. The van der Waals surface area contributed by atoms with Gasteiger partial charge >= 0.3 is 0 Å². The number of nitrogens with one attached hydrogen (secondary N) is 3. The molecule has 0 saturated carbocycles. The first-order chi connectivity index (χ1) is 13.3. The molecule has 0 radical (unpaired) electrons. The summed E-state index contributed by atoms with van der Waals surface area (Å²) in [5, 5.41) is 6.71. The van der Waals surface area contributed by atoms with Crippen LogP contribution < -0.4 is 15.4 Å². The van der Waals surface area contributed by atoms with E-state index in [4.69, 9.17) is 4.74 Å². The zero-order valence-electron chi connectivity index (χ0n) is 17.9. The number of guanidine groups is 1. The zero-order chi connectivity index (χ0) is 20.6. The van der Waals surface area contributed by atoms with E-state index in [-0.39, 0.29) is 18.4 Å². The zero-order valence-corrected chi connectivity index (χ0v) is 18.7. The molecule has 0 aliphatic carbocycles. The molecule has 2 heterocycles. The van der Waals surface area contributed by atoms with E-state index in [1.807, 2.05) is 6.92 Å². The van der Waals surface area contributed by atoms with Gasteiger partial charge in [0.1, 0.15) is 0 Å². The molecule has 2 rings (SSSR count). The largest absolute Gasteiger partial charge is 0.377 e. The summed E-state index contributed by atoms with van der Waals surface area (Å²) >= 11 is 0. The molecule has 0 spiro atoms. The Labute approximate surface area is 170 Å². The summed E-state index contributed by atoms with van der Waals surface area (Å²) in [5.74, 6) is 1.19. The van der Waals surface area contributed by atoms with Crippen molar-refractivity contribution in [3.05, 3.63) is 0 Å². The van der Waals surface area contributed by atoms with Crippen LogP contribution in [-0.4, -0.2) is 82.5 Å². The van der Waals surface area contributed by atoms with Gasteiger partial charge in [0, 0.05) is 44.9 Å². The highest BCUT2D eigenvalue weighted by Crippen LogP contribution is 2.18. The normalized spacial score (nSPS) is 27.3. The fourth-order valence-electron chi connectivity index (χ4n) is 3.65. The van der Waals surface area contributed by atoms with Crippen molar-refractivity contribution in [1.82, 2.24) is 20.3 Å². The molecule has 3 unspecified atom stereocenters. The maximum absolute atomic E-state index is 12.2. The summed E-state index contributed by atoms with van der Waals surface area (Å²) in [6.45, 7) is 12.8. The summed E-state index contributed by atoms with van der Waals surface area (Å²) in [6, 6.07) is 0.844. The SMILES string of the molecule is CCNC(=NCCS(=O)(=O)NCC1CCCCO1)NC1CN(C(C)C)CC1C. The molecule has 0 aromatic heterocycles. The molecule has 164 valence electrons. The summed E-state index contributed by atoms with van der Waals surface area (Å²) < 4.78 is 32.7. The molecule has 2 aliphatic heterocycles. The molecule has 28 heavy (non-hydrogen) atoms. The standard InChI is InChI=1S/C19H39N5O3S/c1-5-20-19(23-18-14-24(15(2)3)13-16(18)4)21-9-11-28(25,26)22-12-17-8-6-7-10-27-17/h15-18,22H,5-14H2,1-4H3,(H2,20,21,23). The van der Waals surface area contributed by atoms with E-state index in [1.165, 1.54) is 0 Å². The average molecular weight is 418 g/mol. The van der Waals surface area contributed by atoms with Crippen LogP contribution in [0.3, 0.4) is 0 Å². The molecule has 0 amide bonds. The summed E-state index contributed by atoms with van der Waals surface area (Å²) in [4.78, 5) is 6.94. The molecular formula is C19H39N5O3S. The van der Waals surface area contributed by atoms with Gasteiger partial charge in [0.15, 0.2) is 5.96 Å². The molecule has 2 saturated heterocycles. The molecule has 0 bridgehead atoms. The van der Waals surface area contributed by atoms with Crippen LogP contribution in [0.4, 0.5) is 0 Å². The highest BCUT2D eigenvalue weighted by Gasteiger charge is 2.31. The fourth-order valence-corrected chi connectivity index (χ4v) is 4.56. The number of sulfonamides is 1. The maximum Gasteiger partial charge on any atom is 0.213 e. The maximum atomic E-state index is 12.2. The molecule has 0 aromatic carbocycles. The number of aliphatic imine (C=N–C) groups is 1. The van der Waals surface area contributed by atoms with Crippen molar-refractivity contribution in [3.63, 3.8) is 0 Å². The van der Waals surface area contributed by atoms with Gasteiger partial charge in [-0.15, -0.1) is 0 Å². The molecule has 0 aromatic rings. The first-order valence-corrected chi connectivity index (χ1v) is 12.3. The van der Waals surface area contributed by atoms with Crippen molar-refractivity contribution >= 4 is 16.0 Å². The third-order valence-electron chi connectivity index (χ3n) is 5.47. The van der Waals surface area contributed by atoms with Crippen molar-refractivity contribution in [2.45, 2.75) is 65.1 Å². The minimum absolute atomic E-state index is 0.00114. The molecule has 2 aliphatic rings. The quantitative estimate of drug-likeness (QED) is 0.379. The van der Waals surface area contributed by atoms with Gasteiger partial charge in [0.25, 0.3) is 0 Å². The van der Waals surface area contributed by atoms with Gasteiger partial charge in [0.2, 0.25) is 10.0 Å². The van der Waals surface area contributed by atoms with Crippen LogP contribution in [0.25, 0.3) is 0 Å². The third kappa shape index (κ3) is 7.85. The molecule has 8 nitrogen and oxygen atoms in total. The third-order valence-corrected chi connectivity index (χ3v) is 6.80. The minimum atomic E-state index is -3.35. The van der Waals surface area contributed by atoms with Gasteiger partial charge in [-0.05, 0) is 46.0 Å².